The van der Waals surface area contributed by atoms with Gasteiger partial charge in [-0.15, -0.1) is 0 Å². The Morgan fingerprint density at radius 3 is 2.46 bits per heavy atom. The van der Waals surface area contributed by atoms with E-state index in [0.29, 0.717) is 16.8 Å². The van der Waals surface area contributed by atoms with E-state index >= 15 is 0 Å². The average molecular weight is 566 g/mol. The highest BCUT2D eigenvalue weighted by molar-refractivity contribution is 6.32. The molecule has 1 aromatic heterocycles. The first-order valence-corrected chi connectivity index (χ1v) is 12.6. The molecule has 2 heterocycles. The van der Waals surface area contributed by atoms with Crippen LogP contribution in [0.15, 0.2) is 52.2 Å². The third-order valence-electron chi connectivity index (χ3n) is 6.92. The molecule has 8 nitrogen and oxygen atoms in total. The zero-order chi connectivity index (χ0) is 28.9. The number of hydrogen-bond acceptors (Lipinski definition) is 6. The second-order valence-corrected chi connectivity index (χ2v) is 10.0. The maximum absolute atomic E-state index is 13.6. The summed E-state index contributed by atoms with van der Waals surface area (Å²) in [6.45, 7) is 6.98. The summed E-state index contributed by atoms with van der Waals surface area (Å²) >= 11 is 6.03. The SMILES string of the molecule is CCOC(=O)c1cn(-c2ccc3c(c2)N(CC)C(O)C3(C)C)c(=O)n(Cc2cccc(C(F)(F)F)c2Cl)c1=O. The number of likely N-dealkylation sites (N-methyl/N-ethyl adjacent to an activating group) is 1. The molecule has 1 unspecified atom stereocenters. The number of anilines is 1. The number of carbonyl (C=O) groups excluding carboxylic acids is 1. The van der Waals surface area contributed by atoms with Crippen molar-refractivity contribution in [1.82, 2.24) is 9.13 Å². The van der Waals surface area contributed by atoms with Gasteiger partial charge in [-0.25, -0.2) is 9.59 Å². The molecule has 1 atom stereocenters. The minimum absolute atomic E-state index is 0.0475. The lowest BCUT2D eigenvalue weighted by Crippen LogP contribution is -2.42. The molecule has 2 aromatic carbocycles. The van der Waals surface area contributed by atoms with E-state index in [2.05, 4.69) is 0 Å². The number of nitrogens with zero attached hydrogens (tertiary/aromatic N) is 3. The molecule has 1 N–H and O–H groups in total. The van der Waals surface area contributed by atoms with E-state index in [1.165, 1.54) is 6.07 Å². The van der Waals surface area contributed by atoms with Crippen molar-refractivity contribution < 1.29 is 27.8 Å². The normalized spacial score (nSPS) is 16.3. The maximum atomic E-state index is 13.6. The fourth-order valence-electron chi connectivity index (χ4n) is 4.82. The summed E-state index contributed by atoms with van der Waals surface area (Å²) in [5.74, 6) is -0.993. The van der Waals surface area contributed by atoms with Gasteiger partial charge in [-0.05, 0) is 43.2 Å². The van der Waals surface area contributed by atoms with Crippen molar-refractivity contribution in [2.75, 3.05) is 18.1 Å². The largest absolute Gasteiger partial charge is 0.462 e. The van der Waals surface area contributed by atoms with Crippen molar-refractivity contribution in [3.8, 4) is 5.69 Å². The van der Waals surface area contributed by atoms with E-state index in [0.717, 1.165) is 28.5 Å². The molecular formula is C27H27ClF3N3O5. The first-order valence-electron chi connectivity index (χ1n) is 12.2. The zero-order valence-electron chi connectivity index (χ0n) is 21.7. The third-order valence-corrected chi connectivity index (χ3v) is 7.37. The Bertz CT molecular complexity index is 1560. The Labute approximate surface area is 226 Å². The second kappa shape index (κ2) is 10.2. The minimum Gasteiger partial charge on any atom is -0.462 e. The first kappa shape index (κ1) is 28.4. The van der Waals surface area contributed by atoms with Gasteiger partial charge in [0.1, 0.15) is 11.8 Å². The van der Waals surface area contributed by atoms with Crippen molar-refractivity contribution in [3.05, 3.63) is 90.7 Å². The quantitative estimate of drug-likeness (QED) is 0.447. The van der Waals surface area contributed by atoms with Crippen LogP contribution in [0, 0.1) is 0 Å². The third kappa shape index (κ3) is 4.85. The molecule has 1 aliphatic rings. The molecule has 0 amide bonds. The van der Waals surface area contributed by atoms with Gasteiger partial charge < -0.3 is 14.7 Å². The number of fused-ring (bicyclic) bond motifs is 1. The molecule has 4 rings (SSSR count). The number of alkyl halides is 3. The van der Waals surface area contributed by atoms with Crippen molar-refractivity contribution in [1.29, 1.82) is 0 Å². The van der Waals surface area contributed by atoms with E-state index in [4.69, 9.17) is 16.3 Å². The van der Waals surface area contributed by atoms with Gasteiger partial charge in [0.05, 0.1) is 29.4 Å². The average Bonchev–Trinajstić information content (AvgIpc) is 3.06. The molecule has 0 saturated heterocycles. The summed E-state index contributed by atoms with van der Waals surface area (Å²) in [6, 6.07) is 8.19. The van der Waals surface area contributed by atoms with Crippen LogP contribution in [-0.2, 0) is 22.9 Å². The Balaban J connectivity index is 1.94. The Morgan fingerprint density at radius 2 is 1.85 bits per heavy atom. The lowest BCUT2D eigenvalue weighted by molar-refractivity contribution is -0.137. The molecule has 0 bridgehead atoms. The van der Waals surface area contributed by atoms with Gasteiger partial charge in [-0.3, -0.25) is 13.9 Å². The fraction of sp³-hybridized carbons (Fsp3) is 0.370. The highest BCUT2D eigenvalue weighted by Crippen LogP contribution is 2.44. The number of aliphatic hydroxyl groups is 1. The molecule has 39 heavy (non-hydrogen) atoms. The number of benzene rings is 2. The monoisotopic (exact) mass is 565 g/mol. The Morgan fingerprint density at radius 1 is 1.15 bits per heavy atom. The van der Waals surface area contributed by atoms with E-state index in [9.17, 15) is 32.7 Å². The summed E-state index contributed by atoms with van der Waals surface area (Å²) in [7, 11) is 0. The Hall–Kier alpha value is -3.57. The lowest BCUT2D eigenvalue weighted by atomic mass is 9.85. The van der Waals surface area contributed by atoms with Crippen LogP contribution in [0.5, 0.6) is 0 Å². The molecule has 3 aromatic rings. The number of esters is 1. The molecule has 0 radical (unpaired) electrons. The smallest absolute Gasteiger partial charge is 0.417 e. The number of rotatable bonds is 6. The minimum atomic E-state index is -4.75. The molecule has 0 saturated carbocycles. The van der Waals surface area contributed by atoms with Crippen LogP contribution >= 0.6 is 11.6 Å². The van der Waals surface area contributed by atoms with Gasteiger partial charge >= 0.3 is 17.8 Å². The highest BCUT2D eigenvalue weighted by atomic mass is 35.5. The lowest BCUT2D eigenvalue weighted by Gasteiger charge is -2.28. The van der Waals surface area contributed by atoms with Gasteiger partial charge in [0.15, 0.2) is 0 Å². The first-order chi connectivity index (χ1) is 18.2. The van der Waals surface area contributed by atoms with Crippen LogP contribution in [0.2, 0.25) is 5.02 Å². The summed E-state index contributed by atoms with van der Waals surface area (Å²) < 4.78 is 47.0. The van der Waals surface area contributed by atoms with Gasteiger partial charge in [0.2, 0.25) is 0 Å². The van der Waals surface area contributed by atoms with Crippen molar-refractivity contribution in [2.45, 2.75) is 52.1 Å². The second-order valence-electron chi connectivity index (χ2n) is 9.67. The molecule has 0 aliphatic carbocycles. The van der Waals surface area contributed by atoms with Crippen molar-refractivity contribution >= 4 is 23.3 Å². The summed E-state index contributed by atoms with van der Waals surface area (Å²) in [5, 5.41) is 10.2. The predicted octanol–water partition coefficient (Wildman–Crippen LogP) is 4.33. The predicted molar refractivity (Wildman–Crippen MR) is 140 cm³/mol. The molecule has 208 valence electrons. The van der Waals surface area contributed by atoms with Gasteiger partial charge in [0.25, 0.3) is 5.56 Å². The number of hydrogen-bond donors (Lipinski definition) is 1. The number of aliphatic hydroxyl groups excluding tert-OH is 1. The molecule has 12 heteroatoms. The van der Waals surface area contributed by atoms with E-state index < -0.39 is 57.7 Å². The Kier molecular flexibility index (Phi) is 7.44. The van der Waals surface area contributed by atoms with Gasteiger partial charge in [-0.2, -0.15) is 13.2 Å². The van der Waals surface area contributed by atoms with E-state index in [-0.39, 0.29) is 17.9 Å². The summed E-state index contributed by atoms with van der Waals surface area (Å²) in [6.07, 6.45) is -4.52. The molecular weight excluding hydrogens is 539 g/mol. The van der Waals surface area contributed by atoms with E-state index in [1.54, 1.807) is 30.0 Å². The maximum Gasteiger partial charge on any atom is 0.417 e. The van der Waals surface area contributed by atoms with Crippen LogP contribution in [0.1, 0.15) is 54.7 Å². The van der Waals surface area contributed by atoms with Crippen LogP contribution in [0.25, 0.3) is 5.69 Å². The van der Waals surface area contributed by atoms with Crippen LogP contribution in [0.3, 0.4) is 0 Å². The van der Waals surface area contributed by atoms with Crippen molar-refractivity contribution in [3.63, 3.8) is 0 Å². The zero-order valence-corrected chi connectivity index (χ0v) is 22.4. The molecule has 0 spiro atoms. The molecule has 0 fully saturated rings. The highest BCUT2D eigenvalue weighted by Gasteiger charge is 2.43. The molecule has 1 aliphatic heterocycles. The van der Waals surface area contributed by atoms with Crippen LogP contribution in [0.4, 0.5) is 18.9 Å². The summed E-state index contributed by atoms with van der Waals surface area (Å²) in [5.41, 5.74) is -2.49. The number of carbonyl (C=O) groups is 1. The fourth-order valence-corrected chi connectivity index (χ4v) is 5.12. The van der Waals surface area contributed by atoms with Crippen LogP contribution < -0.4 is 16.1 Å². The van der Waals surface area contributed by atoms with Gasteiger partial charge in [-0.1, -0.05) is 43.6 Å². The van der Waals surface area contributed by atoms with Crippen molar-refractivity contribution in [2.24, 2.45) is 0 Å². The van der Waals surface area contributed by atoms with Gasteiger partial charge in [0, 0.05) is 23.8 Å². The number of halogens is 4. The van der Waals surface area contributed by atoms with Crippen LogP contribution in [-0.4, -0.2) is 39.6 Å². The topological polar surface area (TPSA) is 93.8 Å². The standard InChI is InChI=1S/C27H27ClF3N3O5/c1-5-32-20-12-16(10-11-18(20)26(3,4)24(32)37)33-14-17(23(36)39-6-2)22(35)34(25(33)38)13-15-8-7-9-19(21(15)28)27(29,30)31/h7-12,14,24,37H,5-6,13H2,1-4H3. The van der Waals surface area contributed by atoms with E-state index in [1.807, 2.05) is 20.8 Å². The number of aromatic nitrogens is 2. The number of ether oxygens (including phenoxy) is 1. The summed E-state index contributed by atoms with van der Waals surface area (Å²) in [4.78, 5) is 41.3.